The van der Waals surface area contributed by atoms with Crippen molar-refractivity contribution in [3.8, 4) is 0 Å². The Morgan fingerprint density at radius 3 is 2.47 bits per heavy atom. The number of nitrogens with zero attached hydrogens (tertiary/aromatic N) is 2. The molecule has 0 saturated carbocycles. The molecule has 0 spiro atoms. The number of H-pyrrole nitrogens is 1. The highest BCUT2D eigenvalue weighted by Gasteiger charge is 2.40. The number of esters is 2. The van der Waals surface area contributed by atoms with Gasteiger partial charge in [0, 0.05) is 18.3 Å². The summed E-state index contributed by atoms with van der Waals surface area (Å²) >= 11 is 0. The number of rotatable bonds is 9. The molecule has 34 heavy (non-hydrogen) atoms. The molecule has 1 aliphatic heterocycles. The first kappa shape index (κ1) is 24.3. The minimum atomic E-state index is -0.875. The maximum Gasteiger partial charge on any atom is 0.340 e. The lowest BCUT2D eigenvalue weighted by molar-refractivity contribution is -0.385. The Labute approximate surface area is 193 Å². The van der Waals surface area contributed by atoms with Crippen LogP contribution in [0.5, 0.6) is 0 Å². The predicted octanol–water partition coefficient (Wildman–Crippen LogP) is 2.13. The summed E-state index contributed by atoms with van der Waals surface area (Å²) in [6, 6.07) is 3.71. The van der Waals surface area contributed by atoms with Gasteiger partial charge in [-0.15, -0.1) is 0 Å². The molecule has 0 aliphatic carbocycles. The predicted molar refractivity (Wildman–Crippen MR) is 115 cm³/mol. The average molecular weight is 471 g/mol. The van der Waals surface area contributed by atoms with Crippen LogP contribution in [0.2, 0.25) is 0 Å². The number of fused-ring (bicyclic) bond motifs is 1. The van der Waals surface area contributed by atoms with Gasteiger partial charge in [-0.25, -0.2) is 4.79 Å². The molecular weight excluding hydrogens is 450 g/mol. The number of amides is 2. The Morgan fingerprint density at radius 1 is 1.12 bits per heavy atom. The Morgan fingerprint density at radius 2 is 1.82 bits per heavy atom. The van der Waals surface area contributed by atoms with Gasteiger partial charge < -0.3 is 14.5 Å². The van der Waals surface area contributed by atoms with Gasteiger partial charge in [-0.2, -0.15) is 0 Å². The molecule has 1 N–H and O–H groups in total. The molecular formula is C22H21N3O9. The van der Waals surface area contributed by atoms with Crippen LogP contribution >= 0.6 is 0 Å². The first-order valence-electron chi connectivity index (χ1n) is 10.3. The maximum absolute atomic E-state index is 12.5. The number of aryl methyl sites for hydroxylation is 1. The molecule has 1 aromatic carbocycles. The number of nitro benzene ring substituents is 1. The maximum atomic E-state index is 12.5. The van der Waals surface area contributed by atoms with Crippen molar-refractivity contribution in [3.63, 3.8) is 0 Å². The van der Waals surface area contributed by atoms with Gasteiger partial charge in [0.25, 0.3) is 17.5 Å². The molecule has 3 rings (SSSR count). The monoisotopic (exact) mass is 471 g/mol. The van der Waals surface area contributed by atoms with E-state index in [0.717, 1.165) is 11.0 Å². The fourth-order valence-electron chi connectivity index (χ4n) is 3.70. The SMILES string of the molecule is CCOC(=O)c1c(C)[nH]c(C(=O)COC(=O)CCN2C(=O)c3cccc([N+](=O)[O-])c3C2=O)c1C. The molecule has 2 heterocycles. The summed E-state index contributed by atoms with van der Waals surface area (Å²) in [6.45, 7) is 3.99. The fraction of sp³-hybridized carbons (Fsp3) is 0.318. The molecule has 12 nitrogen and oxygen atoms in total. The largest absolute Gasteiger partial charge is 0.462 e. The van der Waals surface area contributed by atoms with E-state index in [9.17, 15) is 34.1 Å². The third-order valence-electron chi connectivity index (χ3n) is 5.27. The highest BCUT2D eigenvalue weighted by atomic mass is 16.6. The summed E-state index contributed by atoms with van der Waals surface area (Å²) in [4.78, 5) is 75.6. The zero-order chi connectivity index (χ0) is 25.2. The van der Waals surface area contributed by atoms with E-state index in [1.54, 1.807) is 20.8 Å². The summed E-state index contributed by atoms with van der Waals surface area (Å²) in [6.07, 6.45) is -0.413. The van der Waals surface area contributed by atoms with E-state index < -0.39 is 53.2 Å². The number of ether oxygens (including phenoxy) is 2. The average Bonchev–Trinajstić information content (AvgIpc) is 3.23. The summed E-state index contributed by atoms with van der Waals surface area (Å²) in [5, 5.41) is 11.2. The van der Waals surface area contributed by atoms with Crippen LogP contribution in [0, 0.1) is 24.0 Å². The van der Waals surface area contributed by atoms with Crippen molar-refractivity contribution >= 4 is 35.2 Å². The quantitative estimate of drug-likeness (QED) is 0.189. The van der Waals surface area contributed by atoms with Gasteiger partial charge in [0.05, 0.1) is 34.8 Å². The number of nitrogens with one attached hydrogen (secondary N) is 1. The summed E-state index contributed by atoms with van der Waals surface area (Å²) in [7, 11) is 0. The number of hydrogen-bond donors (Lipinski definition) is 1. The summed E-state index contributed by atoms with van der Waals surface area (Å²) in [5.74, 6) is -3.64. The zero-order valence-corrected chi connectivity index (χ0v) is 18.6. The number of hydrogen-bond acceptors (Lipinski definition) is 9. The van der Waals surface area contributed by atoms with E-state index in [1.807, 2.05) is 0 Å². The molecule has 0 bridgehead atoms. The van der Waals surface area contributed by atoms with Gasteiger partial charge in [-0.1, -0.05) is 6.07 Å². The van der Waals surface area contributed by atoms with Crippen molar-refractivity contribution in [3.05, 3.63) is 62.0 Å². The number of carbonyl (C=O) groups is 5. The second kappa shape index (κ2) is 9.65. The van der Waals surface area contributed by atoms with E-state index in [-0.39, 0.29) is 35.5 Å². The smallest absolute Gasteiger partial charge is 0.340 e. The van der Waals surface area contributed by atoms with E-state index in [2.05, 4.69) is 4.98 Å². The van der Waals surface area contributed by atoms with Crippen LogP contribution in [0.25, 0.3) is 0 Å². The summed E-state index contributed by atoms with van der Waals surface area (Å²) < 4.78 is 9.93. The molecule has 2 amide bonds. The lowest BCUT2D eigenvalue weighted by atomic mass is 10.1. The minimum absolute atomic E-state index is 0.0982. The third-order valence-corrected chi connectivity index (χ3v) is 5.27. The molecule has 178 valence electrons. The molecule has 12 heteroatoms. The number of imide groups is 1. The number of Topliss-reactive ketones (excluding diaryl/α,β-unsaturated/α-hetero) is 1. The van der Waals surface area contributed by atoms with Gasteiger partial charge in [0.1, 0.15) is 5.56 Å². The lowest BCUT2D eigenvalue weighted by Crippen LogP contribution is -2.32. The highest BCUT2D eigenvalue weighted by molar-refractivity contribution is 6.23. The standard InChI is InChI=1S/C22H21N3O9/c1-4-33-22(30)17-11(2)19(23-12(17)3)15(26)10-34-16(27)8-9-24-20(28)13-6-5-7-14(25(31)32)18(13)21(24)29/h5-7,23H,4,8-10H2,1-3H3. The Bertz CT molecular complexity index is 1230. The molecule has 1 aliphatic rings. The van der Waals surface area contributed by atoms with Gasteiger partial charge in [-0.3, -0.25) is 34.2 Å². The van der Waals surface area contributed by atoms with Crippen molar-refractivity contribution in [1.29, 1.82) is 0 Å². The Balaban J connectivity index is 1.60. The molecule has 0 unspecified atom stereocenters. The first-order chi connectivity index (χ1) is 16.1. The number of aromatic nitrogens is 1. The van der Waals surface area contributed by atoms with Crippen molar-refractivity contribution < 1.29 is 38.4 Å². The zero-order valence-electron chi connectivity index (χ0n) is 18.6. The molecule has 0 radical (unpaired) electrons. The van der Waals surface area contributed by atoms with Crippen LogP contribution in [-0.4, -0.2) is 64.1 Å². The highest BCUT2D eigenvalue weighted by Crippen LogP contribution is 2.30. The Kier molecular flexibility index (Phi) is 6.89. The van der Waals surface area contributed by atoms with Crippen molar-refractivity contribution in [2.75, 3.05) is 19.8 Å². The molecule has 1 aromatic heterocycles. The second-order valence-electron chi connectivity index (χ2n) is 7.40. The molecule has 2 aromatic rings. The van der Waals surface area contributed by atoms with Gasteiger partial charge in [-0.05, 0) is 32.4 Å². The van der Waals surface area contributed by atoms with Crippen LogP contribution in [0.15, 0.2) is 18.2 Å². The molecule has 0 saturated heterocycles. The number of benzene rings is 1. The second-order valence-corrected chi connectivity index (χ2v) is 7.40. The van der Waals surface area contributed by atoms with Crippen LogP contribution in [0.3, 0.4) is 0 Å². The van der Waals surface area contributed by atoms with Crippen LogP contribution in [-0.2, 0) is 14.3 Å². The fourth-order valence-corrected chi connectivity index (χ4v) is 3.70. The topological polar surface area (TPSA) is 166 Å². The normalized spacial score (nSPS) is 12.5. The number of ketones is 1. The third kappa shape index (κ3) is 4.42. The van der Waals surface area contributed by atoms with E-state index in [1.165, 1.54) is 12.1 Å². The van der Waals surface area contributed by atoms with Gasteiger partial charge in [0.2, 0.25) is 5.78 Å². The van der Waals surface area contributed by atoms with Gasteiger partial charge in [0.15, 0.2) is 6.61 Å². The number of nitro groups is 1. The minimum Gasteiger partial charge on any atom is -0.462 e. The van der Waals surface area contributed by atoms with Crippen molar-refractivity contribution in [2.45, 2.75) is 27.2 Å². The summed E-state index contributed by atoms with van der Waals surface area (Å²) in [5.41, 5.74) is 0.200. The first-order valence-corrected chi connectivity index (χ1v) is 10.3. The lowest BCUT2D eigenvalue weighted by Gasteiger charge is -2.13. The van der Waals surface area contributed by atoms with Crippen molar-refractivity contribution in [1.82, 2.24) is 9.88 Å². The number of aromatic amines is 1. The Hall–Kier alpha value is -4.35. The van der Waals surface area contributed by atoms with E-state index >= 15 is 0 Å². The molecule has 0 atom stereocenters. The van der Waals surface area contributed by atoms with E-state index in [0.29, 0.717) is 11.3 Å². The number of carbonyl (C=O) groups excluding carboxylic acids is 5. The molecule has 0 fully saturated rings. The van der Waals surface area contributed by atoms with Crippen molar-refractivity contribution in [2.24, 2.45) is 0 Å². The van der Waals surface area contributed by atoms with Crippen LogP contribution < -0.4 is 0 Å². The van der Waals surface area contributed by atoms with Crippen LogP contribution in [0.1, 0.15) is 66.2 Å². The van der Waals surface area contributed by atoms with Crippen LogP contribution in [0.4, 0.5) is 5.69 Å². The van der Waals surface area contributed by atoms with E-state index in [4.69, 9.17) is 9.47 Å². The van der Waals surface area contributed by atoms with Gasteiger partial charge >= 0.3 is 11.9 Å².